The summed E-state index contributed by atoms with van der Waals surface area (Å²) in [6.07, 6.45) is 5.78. The number of likely N-dealkylation sites (tertiary alicyclic amines) is 1. The van der Waals surface area contributed by atoms with E-state index in [4.69, 9.17) is 4.74 Å². The fourth-order valence-electron chi connectivity index (χ4n) is 1.65. The molecule has 0 spiro atoms. The molecular weight excluding hydrogens is 305 g/mol. The number of ether oxygens (including phenoxy) is 1. The molecule has 0 radical (unpaired) electrons. The van der Waals surface area contributed by atoms with Gasteiger partial charge in [-0.25, -0.2) is 9.97 Å². The van der Waals surface area contributed by atoms with E-state index >= 15 is 0 Å². The molecule has 1 aromatic rings. The minimum Gasteiger partial charge on any atom is -0.473 e. The molecule has 1 aliphatic rings. The van der Waals surface area contributed by atoms with Gasteiger partial charge in [-0.15, -0.1) is 0 Å². The highest BCUT2D eigenvalue weighted by Crippen LogP contribution is 2.20. The summed E-state index contributed by atoms with van der Waals surface area (Å²) >= 11 is 2.20. The predicted molar refractivity (Wildman–Crippen MR) is 65.9 cm³/mol. The molecule has 0 aliphatic carbocycles. The van der Waals surface area contributed by atoms with Gasteiger partial charge in [0.25, 0.3) is 0 Å². The first-order valence-corrected chi connectivity index (χ1v) is 6.14. The van der Waals surface area contributed by atoms with Gasteiger partial charge in [0, 0.05) is 19.3 Å². The van der Waals surface area contributed by atoms with Gasteiger partial charge in [-0.1, -0.05) is 0 Å². The van der Waals surface area contributed by atoms with Crippen LogP contribution < -0.4 is 4.74 Å². The fraction of sp³-hybridized carbons (Fsp3) is 0.600. The fourth-order valence-corrected chi connectivity index (χ4v) is 2.08. The second-order valence-corrected chi connectivity index (χ2v) is 4.96. The highest BCUT2D eigenvalue weighted by molar-refractivity contribution is 14.1. The SMILES string of the molecule is CN1CCC(Oc2ncncc2I)CC1. The number of halogens is 1. The maximum Gasteiger partial charge on any atom is 0.230 e. The van der Waals surface area contributed by atoms with Crippen LogP contribution in [0.5, 0.6) is 5.88 Å². The molecule has 15 heavy (non-hydrogen) atoms. The molecule has 0 atom stereocenters. The van der Waals surface area contributed by atoms with Crippen LogP contribution in [-0.4, -0.2) is 41.1 Å². The second-order valence-electron chi connectivity index (χ2n) is 3.80. The minimum absolute atomic E-state index is 0.310. The molecule has 0 saturated carbocycles. The summed E-state index contributed by atoms with van der Waals surface area (Å²) in [5.41, 5.74) is 0. The number of nitrogens with zero attached hydrogens (tertiary/aromatic N) is 3. The topological polar surface area (TPSA) is 38.2 Å². The van der Waals surface area contributed by atoms with Crippen molar-refractivity contribution in [2.45, 2.75) is 18.9 Å². The van der Waals surface area contributed by atoms with Gasteiger partial charge in [-0.2, -0.15) is 0 Å². The van der Waals surface area contributed by atoms with E-state index in [1.807, 2.05) is 0 Å². The summed E-state index contributed by atoms with van der Waals surface area (Å²) in [6, 6.07) is 0. The highest BCUT2D eigenvalue weighted by Gasteiger charge is 2.19. The Balaban J connectivity index is 1.95. The Morgan fingerprint density at radius 2 is 2.20 bits per heavy atom. The van der Waals surface area contributed by atoms with Crippen LogP contribution in [0.2, 0.25) is 0 Å². The van der Waals surface area contributed by atoms with Crippen LogP contribution in [0.3, 0.4) is 0 Å². The molecule has 0 unspecified atom stereocenters. The molecule has 82 valence electrons. The molecular formula is C10H14IN3O. The van der Waals surface area contributed by atoms with E-state index in [-0.39, 0.29) is 0 Å². The van der Waals surface area contributed by atoms with Gasteiger partial charge in [-0.3, -0.25) is 0 Å². The Morgan fingerprint density at radius 1 is 1.47 bits per heavy atom. The van der Waals surface area contributed by atoms with E-state index < -0.39 is 0 Å². The standard InChI is InChI=1S/C10H14IN3O/c1-14-4-2-8(3-5-14)15-10-9(11)6-12-7-13-10/h6-8H,2-5H2,1H3. The molecule has 1 aromatic heterocycles. The second kappa shape index (κ2) is 5.07. The lowest BCUT2D eigenvalue weighted by Gasteiger charge is -2.29. The molecule has 5 heteroatoms. The summed E-state index contributed by atoms with van der Waals surface area (Å²) in [7, 11) is 2.14. The first kappa shape index (κ1) is 11.1. The van der Waals surface area contributed by atoms with Crippen molar-refractivity contribution in [2.75, 3.05) is 20.1 Å². The molecule has 0 amide bonds. The van der Waals surface area contributed by atoms with Crippen molar-refractivity contribution in [3.8, 4) is 5.88 Å². The normalized spacial score (nSPS) is 19.1. The van der Waals surface area contributed by atoms with Crippen LogP contribution >= 0.6 is 22.6 Å². The van der Waals surface area contributed by atoms with E-state index in [0.29, 0.717) is 6.10 Å². The summed E-state index contributed by atoms with van der Waals surface area (Å²) in [5, 5.41) is 0. The zero-order valence-electron chi connectivity index (χ0n) is 8.69. The van der Waals surface area contributed by atoms with Gasteiger partial charge in [0.1, 0.15) is 12.4 Å². The molecule has 0 aromatic carbocycles. The smallest absolute Gasteiger partial charge is 0.230 e. The van der Waals surface area contributed by atoms with Gasteiger partial charge < -0.3 is 9.64 Å². The van der Waals surface area contributed by atoms with Crippen molar-refractivity contribution >= 4 is 22.6 Å². The zero-order chi connectivity index (χ0) is 10.7. The van der Waals surface area contributed by atoms with Crippen molar-refractivity contribution in [3.05, 3.63) is 16.1 Å². The Hall–Kier alpha value is -0.430. The molecule has 0 N–H and O–H groups in total. The lowest BCUT2D eigenvalue weighted by molar-refractivity contribution is 0.109. The molecule has 2 heterocycles. The molecule has 4 nitrogen and oxygen atoms in total. The summed E-state index contributed by atoms with van der Waals surface area (Å²) in [6.45, 7) is 2.21. The lowest BCUT2D eigenvalue weighted by atomic mass is 10.1. The highest BCUT2D eigenvalue weighted by atomic mass is 127. The number of hydrogen-bond acceptors (Lipinski definition) is 4. The van der Waals surface area contributed by atoms with E-state index in [9.17, 15) is 0 Å². The monoisotopic (exact) mass is 319 g/mol. The largest absolute Gasteiger partial charge is 0.473 e. The lowest BCUT2D eigenvalue weighted by Crippen LogP contribution is -2.35. The van der Waals surface area contributed by atoms with Crippen LogP contribution in [0.15, 0.2) is 12.5 Å². The quantitative estimate of drug-likeness (QED) is 0.776. The van der Waals surface area contributed by atoms with Gasteiger partial charge in [0.2, 0.25) is 5.88 Å². The Kier molecular flexibility index (Phi) is 3.74. The predicted octanol–water partition coefficient (Wildman–Crippen LogP) is 1.55. The van der Waals surface area contributed by atoms with Crippen LogP contribution in [0, 0.1) is 3.57 Å². The van der Waals surface area contributed by atoms with Crippen LogP contribution in [0.1, 0.15) is 12.8 Å². The van der Waals surface area contributed by atoms with Gasteiger partial charge >= 0.3 is 0 Å². The Labute approximate surface area is 103 Å². The van der Waals surface area contributed by atoms with E-state index in [1.54, 1.807) is 6.20 Å². The third-order valence-electron chi connectivity index (χ3n) is 2.58. The zero-order valence-corrected chi connectivity index (χ0v) is 10.8. The molecule has 1 fully saturated rings. The van der Waals surface area contributed by atoms with Crippen molar-refractivity contribution in [2.24, 2.45) is 0 Å². The van der Waals surface area contributed by atoms with E-state index in [1.165, 1.54) is 6.33 Å². The number of aromatic nitrogens is 2. The number of hydrogen-bond donors (Lipinski definition) is 0. The van der Waals surface area contributed by atoms with Crippen molar-refractivity contribution in [1.29, 1.82) is 0 Å². The summed E-state index contributed by atoms with van der Waals surface area (Å²) in [5.74, 6) is 0.722. The van der Waals surface area contributed by atoms with Gasteiger partial charge in [0.15, 0.2) is 0 Å². The molecule has 0 bridgehead atoms. The molecule has 1 saturated heterocycles. The third kappa shape index (κ3) is 3.01. The third-order valence-corrected chi connectivity index (χ3v) is 3.32. The van der Waals surface area contributed by atoms with Crippen LogP contribution in [-0.2, 0) is 0 Å². The van der Waals surface area contributed by atoms with Crippen molar-refractivity contribution < 1.29 is 4.74 Å². The average Bonchev–Trinajstić information content (AvgIpc) is 2.25. The van der Waals surface area contributed by atoms with Crippen molar-refractivity contribution in [1.82, 2.24) is 14.9 Å². The van der Waals surface area contributed by atoms with E-state index in [0.717, 1.165) is 35.4 Å². The summed E-state index contributed by atoms with van der Waals surface area (Å²) < 4.78 is 6.83. The van der Waals surface area contributed by atoms with Crippen molar-refractivity contribution in [3.63, 3.8) is 0 Å². The number of piperidine rings is 1. The Bertz CT molecular complexity index is 326. The maximum absolute atomic E-state index is 5.85. The number of rotatable bonds is 2. The molecule has 2 rings (SSSR count). The Morgan fingerprint density at radius 3 is 2.87 bits per heavy atom. The first-order valence-electron chi connectivity index (χ1n) is 5.06. The van der Waals surface area contributed by atoms with Gasteiger partial charge in [0.05, 0.1) is 3.57 Å². The van der Waals surface area contributed by atoms with E-state index in [2.05, 4.69) is 44.5 Å². The summed E-state index contributed by atoms with van der Waals surface area (Å²) in [4.78, 5) is 10.4. The molecule has 1 aliphatic heterocycles. The average molecular weight is 319 g/mol. The van der Waals surface area contributed by atoms with Crippen LogP contribution in [0.25, 0.3) is 0 Å². The van der Waals surface area contributed by atoms with Gasteiger partial charge in [-0.05, 0) is 42.5 Å². The van der Waals surface area contributed by atoms with Crippen LogP contribution in [0.4, 0.5) is 0 Å². The maximum atomic E-state index is 5.85. The minimum atomic E-state index is 0.310. The first-order chi connectivity index (χ1) is 7.25.